The van der Waals surface area contributed by atoms with Gasteiger partial charge in [0.2, 0.25) is 0 Å². The Labute approximate surface area is 145 Å². The van der Waals surface area contributed by atoms with Crippen molar-refractivity contribution >= 4 is 23.5 Å². The van der Waals surface area contributed by atoms with Gasteiger partial charge < -0.3 is 10.0 Å². The number of halogens is 1. The number of carbonyl (C=O) groups is 2. The van der Waals surface area contributed by atoms with Crippen LogP contribution in [0.25, 0.3) is 0 Å². The lowest BCUT2D eigenvalue weighted by molar-refractivity contribution is 0.0687. The minimum Gasteiger partial charge on any atom is -0.476 e. The monoisotopic (exact) mass is 349 g/mol. The molecule has 1 aromatic heterocycles. The number of aromatic carboxylic acids is 1. The van der Waals surface area contributed by atoms with E-state index in [9.17, 15) is 9.59 Å². The summed E-state index contributed by atoms with van der Waals surface area (Å²) in [7, 11) is 1.56. The number of carboxylic acids is 1. The van der Waals surface area contributed by atoms with Crippen LogP contribution in [0.4, 0.5) is 0 Å². The molecule has 0 radical (unpaired) electrons. The maximum absolute atomic E-state index is 12.9. The standard InChI is InChI=1S/C17H20ClN3O3/c1-11(2)9-21(10-12-5-4-6-13(18)7-12)16(22)15-8-14(17(23)24)19-20(15)3/h4-8,11H,9-10H2,1-3H3,(H,23,24). The third-order valence-electron chi connectivity index (χ3n) is 3.45. The van der Waals surface area contributed by atoms with Crippen molar-refractivity contribution in [1.82, 2.24) is 14.7 Å². The van der Waals surface area contributed by atoms with Gasteiger partial charge in [0, 0.05) is 31.2 Å². The zero-order valence-electron chi connectivity index (χ0n) is 13.9. The second-order valence-corrected chi connectivity index (χ2v) is 6.49. The Bertz CT molecular complexity index is 755. The number of benzene rings is 1. The Morgan fingerprint density at radius 2 is 2.04 bits per heavy atom. The Morgan fingerprint density at radius 3 is 2.58 bits per heavy atom. The van der Waals surface area contributed by atoms with Crippen molar-refractivity contribution in [2.45, 2.75) is 20.4 Å². The number of rotatable bonds is 6. The highest BCUT2D eigenvalue weighted by atomic mass is 35.5. The maximum atomic E-state index is 12.9. The molecule has 0 aliphatic carbocycles. The smallest absolute Gasteiger partial charge is 0.356 e. The topological polar surface area (TPSA) is 75.4 Å². The number of aryl methyl sites for hydroxylation is 1. The first-order valence-corrected chi connectivity index (χ1v) is 7.96. The first-order valence-electron chi connectivity index (χ1n) is 7.59. The van der Waals surface area contributed by atoms with Crippen LogP contribution in [0, 0.1) is 5.92 Å². The van der Waals surface area contributed by atoms with Crippen LogP contribution >= 0.6 is 11.6 Å². The predicted molar refractivity (Wildman–Crippen MR) is 91.2 cm³/mol. The minimum absolute atomic E-state index is 0.145. The summed E-state index contributed by atoms with van der Waals surface area (Å²) in [6.07, 6.45) is 0. The number of carbonyl (C=O) groups excluding carboxylic acids is 1. The molecule has 0 saturated carbocycles. The molecular weight excluding hydrogens is 330 g/mol. The van der Waals surface area contributed by atoms with Crippen molar-refractivity contribution in [3.8, 4) is 0 Å². The molecular formula is C17H20ClN3O3. The molecule has 1 N–H and O–H groups in total. The van der Waals surface area contributed by atoms with Crippen molar-refractivity contribution in [1.29, 1.82) is 0 Å². The molecule has 0 atom stereocenters. The van der Waals surface area contributed by atoms with Gasteiger partial charge in [0.15, 0.2) is 5.69 Å². The van der Waals surface area contributed by atoms with Crippen LogP contribution < -0.4 is 0 Å². The van der Waals surface area contributed by atoms with Crippen molar-refractivity contribution in [3.05, 3.63) is 52.3 Å². The molecule has 0 spiro atoms. The second kappa shape index (κ2) is 7.49. The summed E-state index contributed by atoms with van der Waals surface area (Å²) in [5.74, 6) is -1.15. The van der Waals surface area contributed by atoms with Gasteiger partial charge in [0.25, 0.3) is 5.91 Å². The molecule has 0 unspecified atom stereocenters. The molecule has 7 heteroatoms. The van der Waals surface area contributed by atoms with Crippen LogP contribution in [0.3, 0.4) is 0 Å². The van der Waals surface area contributed by atoms with Crippen LogP contribution in [0.2, 0.25) is 5.02 Å². The highest BCUT2D eigenvalue weighted by molar-refractivity contribution is 6.30. The van der Waals surface area contributed by atoms with E-state index in [1.807, 2.05) is 32.0 Å². The zero-order chi connectivity index (χ0) is 17.9. The highest BCUT2D eigenvalue weighted by Gasteiger charge is 2.23. The normalized spacial score (nSPS) is 10.9. The average molecular weight is 350 g/mol. The molecule has 2 aromatic rings. The fourth-order valence-corrected chi connectivity index (χ4v) is 2.66. The summed E-state index contributed by atoms with van der Waals surface area (Å²) < 4.78 is 1.30. The molecule has 0 saturated heterocycles. The van der Waals surface area contributed by atoms with Gasteiger partial charge >= 0.3 is 5.97 Å². The average Bonchev–Trinajstić information content (AvgIpc) is 2.87. The lowest BCUT2D eigenvalue weighted by Crippen LogP contribution is -2.34. The molecule has 0 fully saturated rings. The lowest BCUT2D eigenvalue weighted by atomic mass is 10.1. The Morgan fingerprint density at radius 1 is 1.33 bits per heavy atom. The molecule has 6 nitrogen and oxygen atoms in total. The fraction of sp³-hybridized carbons (Fsp3) is 0.353. The third-order valence-corrected chi connectivity index (χ3v) is 3.69. The van der Waals surface area contributed by atoms with E-state index in [4.69, 9.17) is 16.7 Å². The van der Waals surface area contributed by atoms with E-state index in [1.165, 1.54) is 10.7 Å². The zero-order valence-corrected chi connectivity index (χ0v) is 14.6. The fourth-order valence-electron chi connectivity index (χ4n) is 2.45. The van der Waals surface area contributed by atoms with Gasteiger partial charge in [-0.1, -0.05) is 37.6 Å². The van der Waals surface area contributed by atoms with Gasteiger partial charge in [-0.15, -0.1) is 0 Å². The molecule has 0 aliphatic rings. The number of hydrogen-bond acceptors (Lipinski definition) is 3. The van der Waals surface area contributed by atoms with E-state index >= 15 is 0 Å². The van der Waals surface area contributed by atoms with Crippen molar-refractivity contribution < 1.29 is 14.7 Å². The van der Waals surface area contributed by atoms with Crippen molar-refractivity contribution in [2.24, 2.45) is 13.0 Å². The van der Waals surface area contributed by atoms with Gasteiger partial charge in [-0.3, -0.25) is 9.48 Å². The molecule has 1 amide bonds. The molecule has 0 aliphatic heterocycles. The number of nitrogens with zero attached hydrogens (tertiary/aromatic N) is 3. The first kappa shape index (κ1) is 18.0. The summed E-state index contributed by atoms with van der Waals surface area (Å²) in [6, 6.07) is 8.63. The van der Waals surface area contributed by atoms with Crippen LogP contribution in [-0.4, -0.2) is 38.2 Å². The van der Waals surface area contributed by atoms with E-state index in [0.29, 0.717) is 18.1 Å². The van der Waals surface area contributed by atoms with E-state index in [1.54, 1.807) is 18.0 Å². The van der Waals surface area contributed by atoms with Crippen LogP contribution in [-0.2, 0) is 13.6 Å². The maximum Gasteiger partial charge on any atom is 0.356 e. The summed E-state index contributed by atoms with van der Waals surface area (Å²) >= 11 is 6.01. The number of carboxylic acid groups (broad SMARTS) is 1. The quantitative estimate of drug-likeness (QED) is 0.869. The van der Waals surface area contributed by atoms with Gasteiger partial charge in [0.1, 0.15) is 5.69 Å². The van der Waals surface area contributed by atoms with Gasteiger partial charge in [-0.25, -0.2) is 4.79 Å². The number of aromatic nitrogens is 2. The number of hydrogen-bond donors (Lipinski definition) is 1. The highest BCUT2D eigenvalue weighted by Crippen LogP contribution is 2.16. The Hall–Kier alpha value is -2.34. The Kier molecular flexibility index (Phi) is 5.62. The lowest BCUT2D eigenvalue weighted by Gasteiger charge is -2.24. The molecule has 2 rings (SSSR count). The third kappa shape index (κ3) is 4.35. The van der Waals surface area contributed by atoms with E-state index in [-0.39, 0.29) is 23.2 Å². The summed E-state index contributed by atoms with van der Waals surface area (Å²) in [5, 5.41) is 13.5. The SMILES string of the molecule is CC(C)CN(Cc1cccc(Cl)c1)C(=O)c1cc(C(=O)O)nn1C. The number of amides is 1. The van der Waals surface area contributed by atoms with E-state index in [2.05, 4.69) is 5.10 Å². The molecule has 1 aromatic carbocycles. The second-order valence-electron chi connectivity index (χ2n) is 6.05. The summed E-state index contributed by atoms with van der Waals surface area (Å²) in [5.41, 5.74) is 1.01. The summed E-state index contributed by atoms with van der Waals surface area (Å²) in [4.78, 5) is 25.6. The van der Waals surface area contributed by atoms with Gasteiger partial charge in [-0.2, -0.15) is 5.10 Å². The van der Waals surface area contributed by atoms with Crippen LogP contribution in [0.5, 0.6) is 0 Å². The van der Waals surface area contributed by atoms with Gasteiger partial charge in [-0.05, 0) is 23.6 Å². The van der Waals surface area contributed by atoms with E-state index < -0.39 is 5.97 Å². The molecule has 24 heavy (non-hydrogen) atoms. The van der Waals surface area contributed by atoms with E-state index in [0.717, 1.165) is 5.56 Å². The minimum atomic E-state index is -1.16. The van der Waals surface area contributed by atoms with Gasteiger partial charge in [0.05, 0.1) is 0 Å². The molecule has 0 bridgehead atoms. The Balaban J connectivity index is 2.29. The van der Waals surface area contributed by atoms with Crippen molar-refractivity contribution in [2.75, 3.05) is 6.54 Å². The predicted octanol–water partition coefficient (Wildman–Crippen LogP) is 3.07. The van der Waals surface area contributed by atoms with Crippen LogP contribution in [0.1, 0.15) is 40.4 Å². The van der Waals surface area contributed by atoms with Crippen molar-refractivity contribution in [3.63, 3.8) is 0 Å². The molecule has 1 heterocycles. The largest absolute Gasteiger partial charge is 0.476 e. The first-order chi connectivity index (χ1) is 11.3. The summed E-state index contributed by atoms with van der Waals surface area (Å²) in [6.45, 7) is 4.97. The molecule has 128 valence electrons. The van der Waals surface area contributed by atoms with Crippen LogP contribution in [0.15, 0.2) is 30.3 Å².